The molecule has 1 aliphatic rings. The predicted molar refractivity (Wildman–Crippen MR) is 140 cm³/mol. The van der Waals surface area contributed by atoms with Crippen molar-refractivity contribution in [3.05, 3.63) is 53.3 Å². The molecule has 8 nitrogen and oxygen atoms in total. The van der Waals surface area contributed by atoms with E-state index in [0.29, 0.717) is 28.6 Å². The maximum absolute atomic E-state index is 13.3. The van der Waals surface area contributed by atoms with Crippen molar-refractivity contribution in [3.8, 4) is 5.75 Å². The van der Waals surface area contributed by atoms with Crippen molar-refractivity contribution in [2.45, 2.75) is 26.2 Å². The number of piperazine rings is 1. The highest BCUT2D eigenvalue weighted by Crippen LogP contribution is 2.29. The lowest BCUT2D eigenvalue weighted by atomic mass is 10.2. The van der Waals surface area contributed by atoms with Crippen LogP contribution in [0, 0.1) is 5.82 Å². The van der Waals surface area contributed by atoms with Crippen LogP contribution >= 0.6 is 11.6 Å². The first kappa shape index (κ1) is 24.8. The third-order valence-electron chi connectivity index (χ3n) is 5.85. The van der Waals surface area contributed by atoms with Crippen LogP contribution in [0.25, 0.3) is 0 Å². The van der Waals surface area contributed by atoms with Crippen LogP contribution in [0.4, 0.5) is 33.6 Å². The Labute approximate surface area is 210 Å². The second-order valence-electron chi connectivity index (χ2n) is 8.34. The Morgan fingerprint density at radius 3 is 2.34 bits per heavy atom. The largest absolute Gasteiger partial charge is 0.495 e. The van der Waals surface area contributed by atoms with Crippen molar-refractivity contribution in [2.24, 2.45) is 0 Å². The lowest BCUT2D eigenvalue weighted by Crippen LogP contribution is -2.47. The zero-order chi connectivity index (χ0) is 24.6. The molecule has 0 bridgehead atoms. The number of ether oxygens (including phenoxy) is 1. The molecule has 186 valence electrons. The predicted octanol–water partition coefficient (Wildman–Crippen LogP) is 5.35. The third kappa shape index (κ3) is 6.63. The Hall–Kier alpha value is -3.33. The molecular weight excluding hydrogens is 469 g/mol. The molecular formula is C25H31ClFN7O. The molecule has 4 rings (SSSR count). The molecule has 3 aromatic rings. The fourth-order valence-electron chi connectivity index (χ4n) is 3.91. The van der Waals surface area contributed by atoms with E-state index in [0.717, 1.165) is 63.4 Å². The van der Waals surface area contributed by atoms with Crippen LogP contribution in [0.1, 0.15) is 26.2 Å². The summed E-state index contributed by atoms with van der Waals surface area (Å²) in [6, 6.07) is 12.1. The van der Waals surface area contributed by atoms with E-state index in [2.05, 4.69) is 42.3 Å². The summed E-state index contributed by atoms with van der Waals surface area (Å²) in [6.07, 6.45) is 3.34. The van der Waals surface area contributed by atoms with Crippen molar-refractivity contribution in [3.63, 3.8) is 0 Å². The number of benzene rings is 2. The Morgan fingerprint density at radius 1 is 0.943 bits per heavy atom. The number of hydrogen-bond donors (Lipinski definition) is 2. The van der Waals surface area contributed by atoms with Crippen LogP contribution in [0.15, 0.2) is 42.5 Å². The lowest BCUT2D eigenvalue weighted by Gasteiger charge is -2.36. The summed E-state index contributed by atoms with van der Waals surface area (Å²) < 4.78 is 18.5. The Kier molecular flexibility index (Phi) is 8.41. The molecule has 2 N–H and O–H groups in total. The van der Waals surface area contributed by atoms with E-state index in [1.54, 1.807) is 19.2 Å². The molecule has 1 aliphatic heterocycles. The summed E-state index contributed by atoms with van der Waals surface area (Å²) in [7, 11) is 1.58. The van der Waals surface area contributed by atoms with Gasteiger partial charge in [0.25, 0.3) is 0 Å². The quantitative estimate of drug-likeness (QED) is 0.362. The van der Waals surface area contributed by atoms with E-state index in [1.807, 2.05) is 18.2 Å². The fourth-order valence-corrected chi connectivity index (χ4v) is 4.16. The van der Waals surface area contributed by atoms with E-state index in [-0.39, 0.29) is 5.82 Å². The van der Waals surface area contributed by atoms with Gasteiger partial charge in [-0.05, 0) is 48.9 Å². The summed E-state index contributed by atoms with van der Waals surface area (Å²) in [6.45, 7) is 6.02. The number of aromatic nitrogens is 3. The Bertz CT molecular complexity index is 1110. The van der Waals surface area contributed by atoms with Gasteiger partial charge in [0.15, 0.2) is 0 Å². The number of halogens is 2. The number of anilines is 5. The monoisotopic (exact) mass is 499 g/mol. The van der Waals surface area contributed by atoms with Crippen LogP contribution in [-0.4, -0.2) is 54.8 Å². The van der Waals surface area contributed by atoms with Crippen LogP contribution in [0.5, 0.6) is 5.75 Å². The number of unbranched alkanes of at least 4 members (excludes halogenated alkanes) is 2. The molecule has 0 unspecified atom stereocenters. The summed E-state index contributed by atoms with van der Waals surface area (Å²) in [5, 5.41) is 7.08. The van der Waals surface area contributed by atoms with Gasteiger partial charge in [-0.3, -0.25) is 0 Å². The van der Waals surface area contributed by atoms with Crippen LogP contribution < -0.4 is 25.2 Å². The zero-order valence-corrected chi connectivity index (χ0v) is 20.9. The van der Waals surface area contributed by atoms with Crippen LogP contribution in [0.3, 0.4) is 0 Å². The molecule has 1 aromatic heterocycles. The Morgan fingerprint density at radius 2 is 1.66 bits per heavy atom. The number of nitrogens with one attached hydrogen (secondary N) is 2. The smallest absolute Gasteiger partial charge is 0.233 e. The lowest BCUT2D eigenvalue weighted by molar-refractivity contribution is 0.415. The van der Waals surface area contributed by atoms with E-state index in [9.17, 15) is 4.39 Å². The summed E-state index contributed by atoms with van der Waals surface area (Å²) in [5.74, 6) is 1.96. The van der Waals surface area contributed by atoms with Crippen LogP contribution in [0.2, 0.25) is 5.02 Å². The standard InChI is InChI=1S/C25H31ClFN7O/c1-3-4-5-12-28-23-30-24(29-19-8-11-22(35-2)21(26)17-19)32-25(31-23)34-15-13-33(14-16-34)20-9-6-18(27)7-10-20/h6-11,17H,3-5,12-16H2,1-2H3,(H2,28,29,30,31,32). The van der Waals surface area contributed by atoms with Gasteiger partial charge < -0.3 is 25.2 Å². The van der Waals surface area contributed by atoms with Gasteiger partial charge in [0.05, 0.1) is 12.1 Å². The average molecular weight is 500 g/mol. The number of rotatable bonds is 10. The highest BCUT2D eigenvalue weighted by Gasteiger charge is 2.21. The maximum atomic E-state index is 13.3. The number of hydrogen-bond acceptors (Lipinski definition) is 8. The molecule has 1 saturated heterocycles. The second-order valence-corrected chi connectivity index (χ2v) is 8.75. The van der Waals surface area contributed by atoms with E-state index >= 15 is 0 Å². The highest BCUT2D eigenvalue weighted by molar-refractivity contribution is 6.32. The summed E-state index contributed by atoms with van der Waals surface area (Å²) >= 11 is 6.29. The van der Waals surface area contributed by atoms with Gasteiger partial charge in [-0.25, -0.2) is 4.39 Å². The molecule has 2 aromatic carbocycles. The molecule has 0 aliphatic carbocycles. The van der Waals surface area contributed by atoms with Gasteiger partial charge in [-0.15, -0.1) is 0 Å². The molecule has 0 amide bonds. The highest BCUT2D eigenvalue weighted by atomic mass is 35.5. The molecule has 0 atom stereocenters. The van der Waals surface area contributed by atoms with Crippen molar-refractivity contribution in [1.82, 2.24) is 15.0 Å². The van der Waals surface area contributed by atoms with Gasteiger partial charge in [0, 0.05) is 44.1 Å². The third-order valence-corrected chi connectivity index (χ3v) is 6.14. The van der Waals surface area contributed by atoms with Gasteiger partial charge in [-0.2, -0.15) is 15.0 Å². The van der Waals surface area contributed by atoms with Crippen molar-refractivity contribution in [1.29, 1.82) is 0 Å². The topological polar surface area (TPSA) is 78.4 Å². The summed E-state index contributed by atoms with van der Waals surface area (Å²) in [5.41, 5.74) is 1.77. The molecule has 0 spiro atoms. The molecule has 0 saturated carbocycles. The zero-order valence-electron chi connectivity index (χ0n) is 20.1. The first-order valence-corrected chi connectivity index (χ1v) is 12.3. The van der Waals surface area contributed by atoms with Crippen molar-refractivity contribution < 1.29 is 9.13 Å². The summed E-state index contributed by atoms with van der Waals surface area (Å²) in [4.78, 5) is 18.3. The molecule has 0 radical (unpaired) electrons. The first-order valence-electron chi connectivity index (χ1n) is 11.9. The minimum absolute atomic E-state index is 0.227. The van der Waals surface area contributed by atoms with Gasteiger partial charge >= 0.3 is 0 Å². The van der Waals surface area contributed by atoms with Crippen molar-refractivity contribution in [2.75, 3.05) is 60.3 Å². The maximum Gasteiger partial charge on any atom is 0.233 e. The molecule has 10 heteroatoms. The first-order chi connectivity index (χ1) is 17.1. The SMILES string of the molecule is CCCCCNc1nc(Nc2ccc(OC)c(Cl)c2)nc(N2CCN(c3ccc(F)cc3)CC2)n1. The van der Waals surface area contributed by atoms with E-state index in [1.165, 1.54) is 12.1 Å². The van der Waals surface area contributed by atoms with E-state index in [4.69, 9.17) is 16.3 Å². The Balaban J connectivity index is 1.50. The minimum Gasteiger partial charge on any atom is -0.495 e. The van der Waals surface area contributed by atoms with E-state index < -0.39 is 0 Å². The second kappa shape index (κ2) is 11.9. The van der Waals surface area contributed by atoms with Gasteiger partial charge in [0.2, 0.25) is 17.8 Å². The van der Waals surface area contributed by atoms with Crippen molar-refractivity contribution >= 4 is 40.8 Å². The molecule has 1 fully saturated rings. The average Bonchev–Trinajstić information content (AvgIpc) is 2.87. The fraction of sp³-hybridized carbons (Fsp3) is 0.400. The van der Waals surface area contributed by atoms with Crippen LogP contribution in [-0.2, 0) is 0 Å². The number of methoxy groups -OCH3 is 1. The van der Waals surface area contributed by atoms with Gasteiger partial charge in [0.1, 0.15) is 11.6 Å². The number of nitrogens with zero attached hydrogens (tertiary/aromatic N) is 5. The molecule has 35 heavy (non-hydrogen) atoms. The minimum atomic E-state index is -0.227. The van der Waals surface area contributed by atoms with Gasteiger partial charge in [-0.1, -0.05) is 31.4 Å². The molecule has 2 heterocycles. The normalized spacial score (nSPS) is 13.6.